The van der Waals surface area contributed by atoms with E-state index in [1.807, 2.05) is 164 Å². The lowest BCUT2D eigenvalue weighted by atomic mass is 9.98. The molecule has 0 spiro atoms. The first-order chi connectivity index (χ1) is 45.5. The third kappa shape index (κ3) is 9.94. The van der Waals surface area contributed by atoms with E-state index in [1.165, 1.54) is 0 Å². The summed E-state index contributed by atoms with van der Waals surface area (Å²) in [4.78, 5) is 39.5. The summed E-state index contributed by atoms with van der Waals surface area (Å²) in [7, 11) is 0. The average Bonchev–Trinajstić information content (AvgIpc) is 0.770. The van der Waals surface area contributed by atoms with Crippen molar-refractivity contribution in [2.24, 2.45) is 0 Å². The Balaban J connectivity index is 0.741. The van der Waals surface area contributed by atoms with E-state index in [-0.39, 0.29) is 0 Å². The zero-order valence-corrected chi connectivity index (χ0v) is 49.2. The van der Waals surface area contributed by atoms with Gasteiger partial charge in [-0.05, 0) is 151 Å². The fourth-order valence-electron chi connectivity index (χ4n) is 12.3. The molecule has 0 atom stereocenters. The highest BCUT2D eigenvalue weighted by molar-refractivity contribution is 6.04. The Kier molecular flexibility index (Phi) is 13.7. The Hall–Kier alpha value is -13.2. The van der Waals surface area contributed by atoms with E-state index in [0.29, 0.717) is 46.1 Å². The summed E-state index contributed by atoms with van der Waals surface area (Å²) in [5, 5.41) is 20.1. The molecule has 0 bridgehead atoms. The predicted molar refractivity (Wildman–Crippen MR) is 367 cm³/mol. The highest BCUT2D eigenvalue weighted by Gasteiger charge is 2.33. The number of anilines is 12. The summed E-state index contributed by atoms with van der Waals surface area (Å²) in [6.45, 7) is 0. The average molecular weight is 1180 g/mol. The van der Waals surface area contributed by atoms with Gasteiger partial charge in [0.2, 0.25) is 0 Å². The Morgan fingerprint density at radius 1 is 0.196 bits per heavy atom. The molecule has 0 fully saturated rings. The molecule has 2 aliphatic heterocycles. The van der Waals surface area contributed by atoms with Crippen LogP contribution in [0.5, 0.6) is 0 Å². The van der Waals surface area contributed by atoms with Gasteiger partial charge in [-0.1, -0.05) is 164 Å². The van der Waals surface area contributed by atoms with Crippen molar-refractivity contribution < 1.29 is 0 Å². The minimum Gasteiger partial charge on any atom is -0.306 e. The minimum absolute atomic E-state index is 0.527. The van der Waals surface area contributed by atoms with Crippen LogP contribution in [-0.2, 0) is 0 Å². The molecule has 2 aliphatic rings. The Bertz CT molecular complexity index is 5120. The molecule has 0 unspecified atom stereocenters. The lowest BCUT2D eigenvalue weighted by Crippen LogP contribution is -2.24. The molecule has 12 aromatic carbocycles. The third-order valence-electron chi connectivity index (χ3n) is 16.6. The van der Waals surface area contributed by atoms with E-state index >= 15 is 0 Å². The third-order valence-corrected chi connectivity index (χ3v) is 16.6. The quantitative estimate of drug-likeness (QED) is 0.122. The number of rotatable bonds is 11. The Morgan fingerprint density at radius 3 is 0.848 bits per heavy atom. The van der Waals surface area contributed by atoms with Gasteiger partial charge in [0.15, 0.2) is 34.9 Å². The maximum Gasteiger partial charge on any atom is 0.164 e. The highest BCUT2D eigenvalue weighted by Crippen LogP contribution is 2.56. The molecule has 0 N–H and O–H groups in total. The lowest BCUT2D eigenvalue weighted by molar-refractivity contribution is 1.07. The van der Waals surface area contributed by atoms with Gasteiger partial charge < -0.3 is 19.6 Å². The van der Waals surface area contributed by atoms with Gasteiger partial charge >= 0.3 is 0 Å². The molecule has 0 saturated heterocycles. The van der Waals surface area contributed by atoms with Crippen molar-refractivity contribution in [2.75, 3.05) is 19.6 Å². The standard InChI is InChI=1S/C80H50N12/c81-51-53-19-16-29-65(47-53)91-71-35-14-15-36-72(71)92(66-30-17-20-54(48-66)52-82)74-50-61(41-46-73(74)91)60-27-18-28-62(49-60)80-87-77(57-25-8-3-9-26-57)86-79(88-80)59-39-44-64(45-40-59)90-69-33-12-10-31-67(69)89(68-32-11-13-34-70(68)90)63-42-37-58(38-43-63)78-84-75(55-21-4-1-5-22-55)83-76(85-78)56-23-6-2-7-24-56/h1-50H. The molecule has 0 aliphatic carbocycles. The van der Waals surface area contributed by atoms with Crippen LogP contribution in [-0.4, -0.2) is 29.9 Å². The second-order valence-electron chi connectivity index (χ2n) is 22.2. The molecule has 12 heteroatoms. The van der Waals surface area contributed by atoms with Crippen LogP contribution in [0.25, 0.3) is 79.5 Å². The molecule has 0 radical (unpaired) electrons. The minimum atomic E-state index is 0.527. The van der Waals surface area contributed by atoms with Crippen molar-refractivity contribution >= 4 is 68.2 Å². The molecule has 12 nitrogen and oxygen atoms in total. The van der Waals surface area contributed by atoms with Crippen LogP contribution in [0.2, 0.25) is 0 Å². The number of aromatic nitrogens is 6. The van der Waals surface area contributed by atoms with Crippen LogP contribution in [0.3, 0.4) is 0 Å². The number of benzene rings is 12. The van der Waals surface area contributed by atoms with Crippen molar-refractivity contribution in [3.05, 3.63) is 314 Å². The molecule has 14 aromatic rings. The SMILES string of the molecule is N#Cc1cccc(N2c3ccccc3N(c3cccc(C#N)c3)c3cc(-c4cccc(-c5nc(-c6ccccc6)nc(-c6ccc(N7c8ccccc8N(c8ccc(-c9nc(-c%10ccccc%10)nc(-c%10ccccc%10)n9)cc8)c8ccccc87)cc6)n5)c4)ccc32)c1. The number of nitrogens with zero attached hydrogens (tertiary/aromatic N) is 12. The van der Waals surface area contributed by atoms with Crippen molar-refractivity contribution in [3.8, 4) is 91.6 Å². The van der Waals surface area contributed by atoms with Crippen LogP contribution >= 0.6 is 0 Å². The second-order valence-corrected chi connectivity index (χ2v) is 22.2. The predicted octanol–water partition coefficient (Wildman–Crippen LogP) is 20.0. The van der Waals surface area contributed by atoms with Crippen molar-refractivity contribution in [2.45, 2.75) is 0 Å². The maximum absolute atomic E-state index is 10.1. The van der Waals surface area contributed by atoms with E-state index in [1.54, 1.807) is 0 Å². The Morgan fingerprint density at radius 2 is 0.467 bits per heavy atom. The maximum atomic E-state index is 10.1. The molecular weight excluding hydrogens is 1130 g/mol. The van der Waals surface area contributed by atoms with E-state index < -0.39 is 0 Å². The van der Waals surface area contributed by atoms with Gasteiger partial charge in [0, 0.05) is 56.1 Å². The second kappa shape index (κ2) is 23.2. The molecule has 2 aromatic heterocycles. The summed E-state index contributed by atoms with van der Waals surface area (Å²) in [6, 6.07) is 107. The van der Waals surface area contributed by atoms with E-state index in [4.69, 9.17) is 29.9 Å². The number of fused-ring (bicyclic) bond motifs is 4. The fourth-order valence-corrected chi connectivity index (χ4v) is 12.3. The van der Waals surface area contributed by atoms with Gasteiger partial charge in [0.25, 0.3) is 0 Å². The molecular formula is C80H50N12. The van der Waals surface area contributed by atoms with Crippen LogP contribution in [0.15, 0.2) is 303 Å². The van der Waals surface area contributed by atoms with Crippen LogP contribution in [0, 0.1) is 22.7 Å². The van der Waals surface area contributed by atoms with Crippen molar-refractivity contribution in [1.82, 2.24) is 29.9 Å². The Labute approximate surface area is 531 Å². The number of nitriles is 2. The van der Waals surface area contributed by atoms with Crippen molar-refractivity contribution in [1.29, 1.82) is 10.5 Å². The van der Waals surface area contributed by atoms with Gasteiger partial charge in [-0.15, -0.1) is 0 Å². The van der Waals surface area contributed by atoms with Gasteiger partial charge in [-0.3, -0.25) is 0 Å². The fraction of sp³-hybridized carbons (Fsp3) is 0. The first-order valence-electron chi connectivity index (χ1n) is 30.1. The zero-order chi connectivity index (χ0) is 61.5. The lowest BCUT2D eigenvalue weighted by Gasteiger charge is -2.40. The van der Waals surface area contributed by atoms with Gasteiger partial charge in [-0.25, -0.2) is 29.9 Å². The first-order valence-corrected chi connectivity index (χ1v) is 30.1. The normalized spacial score (nSPS) is 12.0. The summed E-state index contributed by atoms with van der Waals surface area (Å²) < 4.78 is 0. The van der Waals surface area contributed by atoms with E-state index in [0.717, 1.165) is 113 Å². The monoisotopic (exact) mass is 1180 g/mol. The van der Waals surface area contributed by atoms with Gasteiger partial charge in [0.05, 0.1) is 68.8 Å². The van der Waals surface area contributed by atoms with Crippen LogP contribution in [0.1, 0.15) is 11.1 Å². The highest BCUT2D eigenvalue weighted by atomic mass is 15.3. The van der Waals surface area contributed by atoms with Gasteiger partial charge in [-0.2, -0.15) is 10.5 Å². The van der Waals surface area contributed by atoms with Crippen molar-refractivity contribution in [3.63, 3.8) is 0 Å². The smallest absolute Gasteiger partial charge is 0.164 e. The number of hydrogen-bond donors (Lipinski definition) is 0. The zero-order valence-electron chi connectivity index (χ0n) is 49.2. The summed E-state index contributed by atoms with van der Waals surface area (Å²) in [5.74, 6) is 3.44. The van der Waals surface area contributed by atoms with Crippen LogP contribution < -0.4 is 19.6 Å². The number of para-hydroxylation sites is 6. The van der Waals surface area contributed by atoms with Crippen LogP contribution in [0.4, 0.5) is 68.2 Å². The summed E-state index contributed by atoms with van der Waals surface area (Å²) in [6.07, 6.45) is 0. The number of hydrogen-bond acceptors (Lipinski definition) is 12. The molecule has 16 rings (SSSR count). The molecule has 4 heterocycles. The molecule has 430 valence electrons. The van der Waals surface area contributed by atoms with E-state index in [9.17, 15) is 10.5 Å². The molecule has 0 amide bonds. The molecule has 92 heavy (non-hydrogen) atoms. The summed E-state index contributed by atoms with van der Waals surface area (Å²) in [5.41, 5.74) is 19.6. The van der Waals surface area contributed by atoms with E-state index in [2.05, 4.69) is 171 Å². The summed E-state index contributed by atoms with van der Waals surface area (Å²) >= 11 is 0. The largest absolute Gasteiger partial charge is 0.306 e. The first kappa shape index (κ1) is 54.2. The topological polar surface area (TPSA) is 138 Å². The van der Waals surface area contributed by atoms with Gasteiger partial charge in [0.1, 0.15) is 0 Å². The molecule has 0 saturated carbocycles.